The Balaban J connectivity index is 1.94. The Morgan fingerprint density at radius 1 is 1.27 bits per heavy atom. The highest BCUT2D eigenvalue weighted by molar-refractivity contribution is 7.13. The van der Waals surface area contributed by atoms with E-state index in [0.29, 0.717) is 36.0 Å². The number of nitrogens with zero attached hydrogens (tertiary/aromatic N) is 1. The second kappa shape index (κ2) is 8.64. The van der Waals surface area contributed by atoms with Crippen LogP contribution in [0.25, 0.3) is 10.6 Å². The van der Waals surface area contributed by atoms with Gasteiger partial charge < -0.3 is 10.4 Å². The third-order valence-electron chi connectivity index (χ3n) is 3.81. The molecule has 1 unspecified atom stereocenters. The molecule has 0 spiro atoms. The summed E-state index contributed by atoms with van der Waals surface area (Å²) in [5.41, 5.74) is 0.667. The monoisotopic (exact) mass is 386 g/mol. The average molecular weight is 386 g/mol. The molecule has 1 aromatic heterocycles. The van der Waals surface area contributed by atoms with E-state index in [4.69, 9.17) is 0 Å². The molecule has 0 aliphatic carbocycles. The van der Waals surface area contributed by atoms with Crippen molar-refractivity contribution in [3.8, 4) is 10.6 Å². The lowest BCUT2D eigenvalue weighted by atomic mass is 9.97. The number of alkyl halides is 3. The zero-order valence-electron chi connectivity index (χ0n) is 14.5. The number of aromatic nitrogens is 1. The molecular weight excluding hydrogens is 365 g/mol. The van der Waals surface area contributed by atoms with Gasteiger partial charge in [-0.3, -0.25) is 4.79 Å². The van der Waals surface area contributed by atoms with Crippen molar-refractivity contribution in [2.75, 3.05) is 6.54 Å². The Labute approximate surface area is 154 Å². The van der Waals surface area contributed by atoms with Crippen molar-refractivity contribution in [1.82, 2.24) is 10.3 Å². The number of carboxylic acid groups (broad SMARTS) is 1. The van der Waals surface area contributed by atoms with Gasteiger partial charge in [-0.25, -0.2) is 4.98 Å². The second-order valence-electron chi connectivity index (χ2n) is 6.51. The second-order valence-corrected chi connectivity index (χ2v) is 7.37. The number of halogens is 3. The molecular formula is C18H21F3N2O2S. The van der Waals surface area contributed by atoms with E-state index in [-0.39, 0.29) is 0 Å². The molecule has 0 fully saturated rings. The number of carboxylic acids is 1. The van der Waals surface area contributed by atoms with Gasteiger partial charge in [-0.1, -0.05) is 26.0 Å². The van der Waals surface area contributed by atoms with Crippen LogP contribution in [0.3, 0.4) is 0 Å². The SMILES string of the molecule is CC(C)CC(CNCc1csc(-c2ccc(C(F)(F)F)cc2)n1)C(=O)O. The molecule has 2 rings (SSSR count). The summed E-state index contributed by atoms with van der Waals surface area (Å²) in [5.74, 6) is -0.985. The zero-order chi connectivity index (χ0) is 19.3. The largest absolute Gasteiger partial charge is 0.481 e. The smallest absolute Gasteiger partial charge is 0.416 e. The van der Waals surface area contributed by atoms with Crippen molar-refractivity contribution in [2.24, 2.45) is 11.8 Å². The first-order chi connectivity index (χ1) is 12.2. The Morgan fingerprint density at radius 3 is 2.46 bits per heavy atom. The van der Waals surface area contributed by atoms with Crippen molar-refractivity contribution >= 4 is 17.3 Å². The molecule has 142 valence electrons. The maximum Gasteiger partial charge on any atom is 0.416 e. The highest BCUT2D eigenvalue weighted by atomic mass is 32.1. The summed E-state index contributed by atoms with van der Waals surface area (Å²) in [6, 6.07) is 4.89. The summed E-state index contributed by atoms with van der Waals surface area (Å²) in [4.78, 5) is 15.6. The quantitative estimate of drug-likeness (QED) is 0.692. The molecule has 26 heavy (non-hydrogen) atoms. The van der Waals surface area contributed by atoms with Crippen LogP contribution < -0.4 is 5.32 Å². The highest BCUT2D eigenvalue weighted by Gasteiger charge is 2.30. The van der Waals surface area contributed by atoms with Crippen LogP contribution in [0.4, 0.5) is 13.2 Å². The van der Waals surface area contributed by atoms with Gasteiger partial charge >= 0.3 is 12.1 Å². The predicted molar refractivity (Wildman–Crippen MR) is 94.8 cm³/mol. The molecule has 0 aliphatic rings. The van der Waals surface area contributed by atoms with E-state index >= 15 is 0 Å². The zero-order valence-corrected chi connectivity index (χ0v) is 15.3. The lowest BCUT2D eigenvalue weighted by Crippen LogP contribution is -2.29. The van der Waals surface area contributed by atoms with Gasteiger partial charge in [0.1, 0.15) is 5.01 Å². The van der Waals surface area contributed by atoms with Gasteiger partial charge in [0.05, 0.1) is 17.2 Å². The van der Waals surface area contributed by atoms with Crippen molar-refractivity contribution < 1.29 is 23.1 Å². The van der Waals surface area contributed by atoms with Crippen LogP contribution in [0.2, 0.25) is 0 Å². The van der Waals surface area contributed by atoms with Crippen LogP contribution in [0.15, 0.2) is 29.6 Å². The molecule has 0 aliphatic heterocycles. The fourth-order valence-corrected chi connectivity index (χ4v) is 3.36. The van der Waals surface area contributed by atoms with Gasteiger partial charge in [0.2, 0.25) is 0 Å². The molecule has 8 heteroatoms. The lowest BCUT2D eigenvalue weighted by molar-refractivity contribution is -0.142. The summed E-state index contributed by atoms with van der Waals surface area (Å²) in [6.45, 7) is 4.72. The number of rotatable bonds is 8. The van der Waals surface area contributed by atoms with Crippen LogP contribution >= 0.6 is 11.3 Å². The summed E-state index contributed by atoms with van der Waals surface area (Å²) >= 11 is 1.34. The van der Waals surface area contributed by atoms with Gasteiger partial charge in [0.25, 0.3) is 0 Å². The Kier molecular flexibility index (Phi) is 6.77. The van der Waals surface area contributed by atoms with Crippen LogP contribution in [0, 0.1) is 11.8 Å². The molecule has 4 nitrogen and oxygen atoms in total. The van der Waals surface area contributed by atoms with Gasteiger partial charge in [-0.05, 0) is 24.5 Å². The summed E-state index contributed by atoms with van der Waals surface area (Å²) in [7, 11) is 0. The van der Waals surface area contributed by atoms with E-state index < -0.39 is 23.6 Å². The van der Waals surface area contributed by atoms with Crippen LogP contribution in [-0.4, -0.2) is 22.6 Å². The van der Waals surface area contributed by atoms with E-state index in [1.54, 1.807) is 0 Å². The minimum atomic E-state index is -4.35. The first kappa shape index (κ1) is 20.4. The third-order valence-corrected chi connectivity index (χ3v) is 4.75. The molecule has 2 N–H and O–H groups in total. The Bertz CT molecular complexity index is 727. The molecule has 0 bridgehead atoms. The van der Waals surface area contributed by atoms with E-state index in [1.807, 2.05) is 19.2 Å². The number of hydrogen-bond acceptors (Lipinski definition) is 4. The number of thiazole rings is 1. The topological polar surface area (TPSA) is 62.2 Å². The average Bonchev–Trinajstić information content (AvgIpc) is 3.01. The maximum atomic E-state index is 12.6. The predicted octanol–water partition coefficient (Wildman–Crippen LogP) is 4.67. The molecule has 0 saturated heterocycles. The van der Waals surface area contributed by atoms with Gasteiger partial charge in [0.15, 0.2) is 0 Å². The van der Waals surface area contributed by atoms with Crippen molar-refractivity contribution in [2.45, 2.75) is 33.0 Å². The van der Waals surface area contributed by atoms with Gasteiger partial charge in [-0.2, -0.15) is 13.2 Å². The normalized spacial score (nSPS) is 13.2. The van der Waals surface area contributed by atoms with Crippen molar-refractivity contribution in [1.29, 1.82) is 0 Å². The van der Waals surface area contributed by atoms with Crippen LogP contribution in [-0.2, 0) is 17.5 Å². The maximum absolute atomic E-state index is 12.6. The summed E-state index contributed by atoms with van der Waals surface area (Å²) < 4.78 is 37.8. The van der Waals surface area contributed by atoms with Crippen LogP contribution in [0.1, 0.15) is 31.5 Å². The van der Waals surface area contributed by atoms with Gasteiger partial charge in [-0.15, -0.1) is 11.3 Å². The Morgan fingerprint density at radius 2 is 1.92 bits per heavy atom. The van der Waals surface area contributed by atoms with Crippen molar-refractivity contribution in [3.05, 3.63) is 40.9 Å². The molecule has 2 aromatic rings. The summed E-state index contributed by atoms with van der Waals surface area (Å²) in [5, 5.41) is 14.8. The molecule has 1 atom stereocenters. The fraction of sp³-hybridized carbons (Fsp3) is 0.444. The van der Waals surface area contributed by atoms with E-state index in [0.717, 1.165) is 17.8 Å². The minimum absolute atomic E-state index is 0.295. The molecule has 0 saturated carbocycles. The van der Waals surface area contributed by atoms with E-state index in [9.17, 15) is 23.1 Å². The molecule has 1 heterocycles. The summed E-state index contributed by atoms with van der Waals surface area (Å²) in [6.07, 6.45) is -3.76. The highest BCUT2D eigenvalue weighted by Crippen LogP contribution is 2.31. The standard InChI is InChI=1S/C18H21F3N2O2S/c1-11(2)7-13(17(24)25)8-22-9-15-10-26-16(23-15)12-3-5-14(6-4-12)18(19,20)21/h3-6,10-11,13,22H,7-9H2,1-2H3,(H,24,25). The third kappa shape index (κ3) is 5.81. The first-order valence-corrected chi connectivity index (χ1v) is 9.10. The van der Waals surface area contributed by atoms with Crippen molar-refractivity contribution in [3.63, 3.8) is 0 Å². The number of benzene rings is 1. The molecule has 1 aromatic carbocycles. The lowest BCUT2D eigenvalue weighted by Gasteiger charge is -2.14. The number of aliphatic carboxylic acids is 1. The fourth-order valence-electron chi connectivity index (χ4n) is 2.54. The van der Waals surface area contributed by atoms with Crippen LogP contribution in [0.5, 0.6) is 0 Å². The molecule has 0 amide bonds. The first-order valence-electron chi connectivity index (χ1n) is 8.22. The van der Waals surface area contributed by atoms with E-state index in [2.05, 4.69) is 10.3 Å². The van der Waals surface area contributed by atoms with Gasteiger partial charge in [0, 0.05) is 24.0 Å². The number of carbonyl (C=O) groups is 1. The number of hydrogen-bond donors (Lipinski definition) is 2. The molecule has 0 radical (unpaired) electrons. The van der Waals surface area contributed by atoms with E-state index in [1.165, 1.54) is 23.5 Å². The number of nitrogens with one attached hydrogen (secondary N) is 1. The minimum Gasteiger partial charge on any atom is -0.481 e. The Hall–Kier alpha value is -1.93.